The smallest absolute Gasteiger partial charge is 0.351 e. The molecule has 5 aliphatic rings. The van der Waals surface area contributed by atoms with Gasteiger partial charge >= 0.3 is 29.5 Å². The molecule has 2 saturated carbocycles. The van der Waals surface area contributed by atoms with E-state index in [4.69, 9.17) is 28.1 Å². The van der Waals surface area contributed by atoms with Crippen molar-refractivity contribution in [1.82, 2.24) is 0 Å². The summed E-state index contributed by atoms with van der Waals surface area (Å²) in [4.78, 5) is 67.4. The van der Waals surface area contributed by atoms with Crippen LogP contribution in [0.15, 0.2) is 27.4 Å². The van der Waals surface area contributed by atoms with Crippen LogP contribution in [0.2, 0.25) is 0 Å². The van der Waals surface area contributed by atoms with Gasteiger partial charge in [-0.1, -0.05) is 27.7 Å². The number of rotatable bonds is 4. The van der Waals surface area contributed by atoms with Crippen molar-refractivity contribution in [3.63, 3.8) is 0 Å². The molecule has 7 rings (SSSR count). The van der Waals surface area contributed by atoms with Crippen LogP contribution in [0.3, 0.4) is 0 Å². The second-order valence-electron chi connectivity index (χ2n) is 15.8. The molecule has 2 aromatic rings. The van der Waals surface area contributed by atoms with E-state index in [1.54, 1.807) is 39.8 Å². The molecular formula is C35H40O11. The average Bonchev–Trinajstić information content (AvgIpc) is 3.43. The van der Waals surface area contributed by atoms with E-state index in [-0.39, 0.29) is 24.0 Å². The van der Waals surface area contributed by atoms with Crippen LogP contribution in [0.5, 0.6) is 5.75 Å². The van der Waals surface area contributed by atoms with Crippen molar-refractivity contribution < 1.29 is 47.3 Å². The molecule has 1 aromatic carbocycles. The second kappa shape index (κ2) is 8.72. The normalized spacial score (nSPS) is 37.3. The van der Waals surface area contributed by atoms with Crippen LogP contribution in [-0.2, 0) is 38.1 Å². The first-order valence-electron chi connectivity index (χ1n) is 15.8. The summed E-state index contributed by atoms with van der Waals surface area (Å²) < 4.78 is 36.6. The molecule has 11 heteroatoms. The molecule has 0 spiro atoms. The van der Waals surface area contributed by atoms with E-state index in [0.29, 0.717) is 29.5 Å². The Balaban J connectivity index is 1.38. The molecular weight excluding hydrogens is 596 g/mol. The minimum Gasteiger partial charge on any atom is -0.483 e. The molecule has 0 N–H and O–H groups in total. The number of carbonyl (C=O) groups is 4. The fourth-order valence-corrected chi connectivity index (χ4v) is 8.75. The molecule has 6 atom stereocenters. The van der Waals surface area contributed by atoms with Crippen molar-refractivity contribution in [2.45, 2.75) is 117 Å². The van der Waals surface area contributed by atoms with E-state index in [1.807, 2.05) is 34.6 Å². The quantitative estimate of drug-likeness (QED) is 0.254. The lowest BCUT2D eigenvalue weighted by Crippen LogP contribution is -2.58. The molecule has 246 valence electrons. The minimum atomic E-state index is -1.59. The third kappa shape index (κ3) is 3.31. The van der Waals surface area contributed by atoms with Gasteiger partial charge in [-0.3, -0.25) is 9.59 Å². The summed E-state index contributed by atoms with van der Waals surface area (Å²) in [6, 6.07) is 4.67. The first kappa shape index (κ1) is 30.7. The van der Waals surface area contributed by atoms with Crippen molar-refractivity contribution >= 4 is 34.8 Å². The Labute approximate surface area is 266 Å². The maximum absolute atomic E-state index is 14.5. The number of fused-ring (bicyclic) bond motifs is 7. The lowest BCUT2D eigenvalue weighted by atomic mass is 9.66. The molecule has 3 aliphatic heterocycles. The zero-order valence-corrected chi connectivity index (χ0v) is 27.7. The van der Waals surface area contributed by atoms with Gasteiger partial charge in [0.1, 0.15) is 16.9 Å². The summed E-state index contributed by atoms with van der Waals surface area (Å²) in [5.74, 6) is -2.21. The number of esters is 4. The molecule has 0 amide bonds. The van der Waals surface area contributed by atoms with Crippen LogP contribution in [0.4, 0.5) is 0 Å². The maximum atomic E-state index is 14.5. The fourth-order valence-electron chi connectivity index (χ4n) is 8.75. The first-order chi connectivity index (χ1) is 21.2. The predicted octanol–water partition coefficient (Wildman–Crippen LogP) is 5.01. The Hall–Kier alpha value is -3.89. The van der Waals surface area contributed by atoms with E-state index in [2.05, 4.69) is 0 Å². The summed E-state index contributed by atoms with van der Waals surface area (Å²) in [6.45, 7) is 16.1. The van der Waals surface area contributed by atoms with Gasteiger partial charge in [-0.05, 0) is 78.0 Å². The van der Waals surface area contributed by atoms with E-state index >= 15 is 0 Å². The fraction of sp³-hybridized carbons (Fsp3) is 0.629. The van der Waals surface area contributed by atoms with Crippen molar-refractivity contribution in [3.05, 3.63) is 39.7 Å². The van der Waals surface area contributed by atoms with Crippen molar-refractivity contribution in [1.29, 1.82) is 0 Å². The minimum absolute atomic E-state index is 0.109. The van der Waals surface area contributed by atoms with E-state index in [9.17, 15) is 24.0 Å². The SMILES string of the molecule is Cc1cc2ccc(=O)oc2c2c1OC(C)(C)[C@H](OC(=O)C13CCC(C)(C(=O)O1)C3(C)C)[C@@H]2OC(=O)C12CCC(C)(C(=O)O1)C2(C)C. The van der Waals surface area contributed by atoms with Gasteiger partial charge in [-0.25, -0.2) is 14.4 Å². The lowest BCUT2D eigenvalue weighted by Gasteiger charge is -2.46. The van der Waals surface area contributed by atoms with Gasteiger partial charge in [-0.2, -0.15) is 0 Å². The first-order valence-corrected chi connectivity index (χ1v) is 15.8. The molecule has 1 aromatic heterocycles. The van der Waals surface area contributed by atoms with E-state index in [0.717, 1.165) is 0 Å². The van der Waals surface area contributed by atoms with Gasteiger partial charge < -0.3 is 28.1 Å². The molecule has 4 unspecified atom stereocenters. The van der Waals surface area contributed by atoms with E-state index < -0.39 is 80.2 Å². The molecule has 2 aliphatic carbocycles. The molecule has 2 saturated heterocycles. The Bertz CT molecular complexity index is 1830. The summed E-state index contributed by atoms with van der Waals surface area (Å²) >= 11 is 0. The van der Waals surface area contributed by atoms with Gasteiger partial charge in [0.05, 0.1) is 16.4 Å². The van der Waals surface area contributed by atoms with Crippen LogP contribution in [-0.4, -0.2) is 46.8 Å². The molecule has 0 radical (unpaired) electrons. The highest BCUT2D eigenvalue weighted by Gasteiger charge is 2.78. The predicted molar refractivity (Wildman–Crippen MR) is 161 cm³/mol. The van der Waals surface area contributed by atoms with Crippen LogP contribution < -0.4 is 10.4 Å². The van der Waals surface area contributed by atoms with Gasteiger partial charge in [0.25, 0.3) is 0 Å². The van der Waals surface area contributed by atoms with Crippen molar-refractivity contribution in [2.75, 3.05) is 0 Å². The monoisotopic (exact) mass is 636 g/mol. The van der Waals surface area contributed by atoms with Crippen molar-refractivity contribution in [2.24, 2.45) is 21.7 Å². The lowest BCUT2D eigenvalue weighted by molar-refractivity contribution is -0.217. The Kier molecular flexibility index (Phi) is 5.83. The Morgan fingerprint density at radius 3 is 1.74 bits per heavy atom. The number of hydrogen-bond donors (Lipinski definition) is 0. The average molecular weight is 637 g/mol. The Morgan fingerprint density at radius 2 is 1.26 bits per heavy atom. The van der Waals surface area contributed by atoms with Gasteiger partial charge in [0, 0.05) is 22.3 Å². The number of carbonyl (C=O) groups excluding carboxylic acids is 4. The number of hydrogen-bond acceptors (Lipinski definition) is 11. The molecule has 4 fully saturated rings. The standard InChI is InChI=1S/C35H40O11/c1-17-16-18-10-11-19(36)41-22(18)20-21(17)44-29(2,3)24(43-28(40)35-15-13-33(9,26(38)46-35)31(35,6)7)23(20)42-27(39)34-14-12-32(8,25(37)45-34)30(34,4)5/h10-11,16,23-24H,12-15H2,1-9H3/t23-,24-,32?,33?,34?,35?/m1/s1. The van der Waals surface area contributed by atoms with Crippen LogP contribution in [0, 0.1) is 28.6 Å². The van der Waals surface area contributed by atoms with Crippen LogP contribution >= 0.6 is 0 Å². The number of ether oxygens (including phenoxy) is 5. The number of benzene rings is 1. The highest BCUT2D eigenvalue weighted by atomic mass is 16.7. The molecule has 4 heterocycles. The van der Waals surface area contributed by atoms with Gasteiger partial charge in [-0.15, -0.1) is 0 Å². The Morgan fingerprint density at radius 1 is 0.739 bits per heavy atom. The zero-order valence-electron chi connectivity index (χ0n) is 27.7. The molecule has 46 heavy (non-hydrogen) atoms. The largest absolute Gasteiger partial charge is 0.483 e. The molecule has 4 bridgehead atoms. The number of aryl methyl sites for hydroxylation is 1. The zero-order chi connectivity index (χ0) is 33.6. The molecule has 11 nitrogen and oxygen atoms in total. The van der Waals surface area contributed by atoms with Gasteiger partial charge in [0.15, 0.2) is 12.2 Å². The topological polar surface area (TPSA) is 145 Å². The summed E-state index contributed by atoms with van der Waals surface area (Å²) in [6.07, 6.45) is -1.27. The maximum Gasteiger partial charge on any atom is 0.351 e. The van der Waals surface area contributed by atoms with Crippen LogP contribution in [0.1, 0.15) is 98.3 Å². The highest BCUT2D eigenvalue weighted by molar-refractivity contribution is 5.95. The summed E-state index contributed by atoms with van der Waals surface area (Å²) in [5.41, 5.74) is -7.69. The third-order valence-electron chi connectivity index (χ3n) is 13.0. The van der Waals surface area contributed by atoms with Crippen LogP contribution in [0.25, 0.3) is 11.0 Å². The summed E-state index contributed by atoms with van der Waals surface area (Å²) in [7, 11) is 0. The third-order valence-corrected chi connectivity index (χ3v) is 13.0. The summed E-state index contributed by atoms with van der Waals surface area (Å²) in [5, 5.41) is 0.542. The van der Waals surface area contributed by atoms with Crippen molar-refractivity contribution in [3.8, 4) is 5.75 Å². The van der Waals surface area contributed by atoms with E-state index in [1.165, 1.54) is 6.07 Å². The highest BCUT2D eigenvalue weighted by Crippen LogP contribution is 2.67. The second-order valence-corrected chi connectivity index (χ2v) is 15.8. The van der Waals surface area contributed by atoms with Gasteiger partial charge in [0.2, 0.25) is 11.2 Å².